The van der Waals surface area contributed by atoms with Gasteiger partial charge in [-0.25, -0.2) is 4.79 Å². The number of carboxylic acid groups (broad SMARTS) is 1. The van der Waals surface area contributed by atoms with Gasteiger partial charge in [-0.15, -0.1) is 11.3 Å². The molecule has 5 nitrogen and oxygen atoms in total. The highest BCUT2D eigenvalue weighted by Gasteiger charge is 2.36. The Labute approximate surface area is 131 Å². The molecule has 0 radical (unpaired) electrons. The van der Waals surface area contributed by atoms with E-state index < -0.39 is 17.8 Å². The first-order valence-corrected chi connectivity index (χ1v) is 7.61. The van der Waals surface area contributed by atoms with Gasteiger partial charge >= 0.3 is 5.97 Å². The molecule has 0 aliphatic carbocycles. The third kappa shape index (κ3) is 2.38. The van der Waals surface area contributed by atoms with Crippen LogP contribution in [0.1, 0.15) is 36.0 Å². The second-order valence-corrected chi connectivity index (χ2v) is 6.40. The summed E-state index contributed by atoms with van der Waals surface area (Å²) < 4.78 is 0.896. The lowest BCUT2D eigenvalue weighted by molar-refractivity contribution is 0.0642. The topological polar surface area (TPSA) is 74.7 Å². The number of aromatic carboxylic acids is 1. The number of nitrogens with zero attached hydrogens (tertiary/aromatic N) is 1. The molecule has 0 atom stereocenters. The zero-order valence-electron chi connectivity index (χ0n) is 10.5. The molecule has 1 aliphatic heterocycles. The van der Waals surface area contributed by atoms with Gasteiger partial charge in [0.2, 0.25) is 0 Å². The van der Waals surface area contributed by atoms with E-state index in [-0.39, 0.29) is 23.2 Å². The van der Waals surface area contributed by atoms with Crippen LogP contribution >= 0.6 is 27.3 Å². The van der Waals surface area contributed by atoms with Crippen molar-refractivity contribution in [2.24, 2.45) is 0 Å². The molecule has 1 N–H and O–H groups in total. The lowest BCUT2D eigenvalue weighted by atomic mass is 10.1. The van der Waals surface area contributed by atoms with E-state index in [9.17, 15) is 14.4 Å². The molecule has 0 spiro atoms. The van der Waals surface area contributed by atoms with Crippen molar-refractivity contribution in [3.8, 4) is 0 Å². The van der Waals surface area contributed by atoms with Gasteiger partial charge in [-0.3, -0.25) is 14.5 Å². The third-order valence-corrected chi connectivity index (χ3v) is 4.84. The zero-order valence-corrected chi connectivity index (χ0v) is 12.9. The predicted octanol–water partition coefficient (Wildman–Crippen LogP) is 3.01. The fourth-order valence-corrected chi connectivity index (χ4v) is 3.60. The van der Waals surface area contributed by atoms with E-state index in [1.165, 1.54) is 29.5 Å². The normalized spacial score (nSPS) is 13.7. The first-order chi connectivity index (χ1) is 9.97. The number of carbonyl (C=O) groups excluding carboxylic acids is 2. The average Bonchev–Trinajstić information content (AvgIpc) is 2.96. The molecule has 2 amide bonds. The van der Waals surface area contributed by atoms with E-state index in [1.807, 2.05) is 11.4 Å². The van der Waals surface area contributed by atoms with Crippen molar-refractivity contribution < 1.29 is 19.5 Å². The van der Waals surface area contributed by atoms with Crippen molar-refractivity contribution >= 4 is 45.1 Å². The minimum absolute atomic E-state index is 0.00406. The van der Waals surface area contributed by atoms with Crippen LogP contribution in [0.4, 0.5) is 0 Å². The lowest BCUT2D eigenvalue weighted by Crippen LogP contribution is -2.28. The number of carbonyl (C=O) groups is 3. The first kappa shape index (κ1) is 14.0. The Morgan fingerprint density at radius 3 is 2.52 bits per heavy atom. The Morgan fingerprint density at radius 1 is 1.19 bits per heavy atom. The van der Waals surface area contributed by atoms with Gasteiger partial charge in [-0.2, -0.15) is 0 Å². The summed E-state index contributed by atoms with van der Waals surface area (Å²) in [5.41, 5.74) is 0.395. The van der Waals surface area contributed by atoms with Crippen LogP contribution in [0.3, 0.4) is 0 Å². The number of hydrogen-bond acceptors (Lipinski definition) is 4. The fourth-order valence-electron chi connectivity index (χ4n) is 2.16. The highest BCUT2D eigenvalue weighted by Crippen LogP contribution is 2.28. The summed E-state index contributed by atoms with van der Waals surface area (Å²) in [6.07, 6.45) is 0. The van der Waals surface area contributed by atoms with Crippen molar-refractivity contribution in [2.45, 2.75) is 6.54 Å². The molecule has 106 valence electrons. The van der Waals surface area contributed by atoms with Crippen molar-refractivity contribution in [1.82, 2.24) is 4.90 Å². The quantitative estimate of drug-likeness (QED) is 0.848. The van der Waals surface area contributed by atoms with Crippen LogP contribution in [0.2, 0.25) is 0 Å². The summed E-state index contributed by atoms with van der Waals surface area (Å²) >= 11 is 4.76. The molecular weight excluding hydrogens is 358 g/mol. The van der Waals surface area contributed by atoms with Crippen LogP contribution in [-0.2, 0) is 6.54 Å². The molecule has 0 bridgehead atoms. The molecule has 2 aromatic rings. The maximum Gasteiger partial charge on any atom is 0.335 e. The Balaban J connectivity index is 1.94. The second kappa shape index (κ2) is 5.09. The van der Waals surface area contributed by atoms with Gasteiger partial charge in [0.25, 0.3) is 11.8 Å². The van der Waals surface area contributed by atoms with E-state index >= 15 is 0 Å². The van der Waals surface area contributed by atoms with Gasteiger partial charge in [-0.1, -0.05) is 0 Å². The highest BCUT2D eigenvalue weighted by molar-refractivity contribution is 9.10. The number of imide groups is 1. The Morgan fingerprint density at radius 2 is 1.90 bits per heavy atom. The third-order valence-electron chi connectivity index (χ3n) is 3.15. The number of thiophene rings is 1. The maximum absolute atomic E-state index is 12.3. The molecule has 1 aromatic carbocycles. The summed E-state index contributed by atoms with van der Waals surface area (Å²) in [5.74, 6) is -1.97. The van der Waals surface area contributed by atoms with Crippen molar-refractivity contribution in [3.63, 3.8) is 0 Å². The number of benzene rings is 1. The van der Waals surface area contributed by atoms with Crippen molar-refractivity contribution in [3.05, 3.63) is 55.7 Å². The van der Waals surface area contributed by atoms with Crippen LogP contribution in [0.25, 0.3) is 0 Å². The predicted molar refractivity (Wildman–Crippen MR) is 79.6 cm³/mol. The van der Waals surface area contributed by atoms with E-state index in [1.54, 1.807) is 0 Å². The number of amides is 2. The maximum atomic E-state index is 12.3. The molecule has 0 unspecified atom stereocenters. The molecule has 3 rings (SSSR count). The molecule has 7 heteroatoms. The number of carboxylic acids is 1. The van der Waals surface area contributed by atoms with E-state index in [0.717, 1.165) is 14.2 Å². The number of hydrogen-bond donors (Lipinski definition) is 1. The molecule has 0 saturated heterocycles. The minimum atomic E-state index is -1.13. The van der Waals surface area contributed by atoms with E-state index in [0.29, 0.717) is 0 Å². The number of halogens is 1. The molecule has 2 heterocycles. The van der Waals surface area contributed by atoms with Crippen LogP contribution in [-0.4, -0.2) is 27.8 Å². The summed E-state index contributed by atoms with van der Waals surface area (Å²) in [5, 5.41) is 10.8. The van der Waals surface area contributed by atoms with Crippen LogP contribution < -0.4 is 0 Å². The molecule has 1 aromatic heterocycles. The van der Waals surface area contributed by atoms with Gasteiger partial charge in [0.05, 0.1) is 23.2 Å². The zero-order chi connectivity index (χ0) is 15.1. The minimum Gasteiger partial charge on any atom is -0.478 e. The summed E-state index contributed by atoms with van der Waals surface area (Å²) in [7, 11) is 0. The van der Waals surface area contributed by atoms with E-state index in [4.69, 9.17) is 5.11 Å². The Kier molecular flexibility index (Phi) is 3.38. The summed E-state index contributed by atoms with van der Waals surface area (Å²) in [4.78, 5) is 37.5. The van der Waals surface area contributed by atoms with Gasteiger partial charge in [0.15, 0.2) is 0 Å². The SMILES string of the molecule is O=C(O)c1ccc2c(c1)C(=O)N(Cc1cc(Br)cs1)C2=O. The van der Waals surface area contributed by atoms with Crippen molar-refractivity contribution in [1.29, 1.82) is 0 Å². The second-order valence-electron chi connectivity index (χ2n) is 4.49. The smallest absolute Gasteiger partial charge is 0.335 e. The molecule has 21 heavy (non-hydrogen) atoms. The fraction of sp³-hybridized carbons (Fsp3) is 0.0714. The van der Waals surface area contributed by atoms with Crippen LogP contribution in [0.5, 0.6) is 0 Å². The van der Waals surface area contributed by atoms with Crippen molar-refractivity contribution in [2.75, 3.05) is 0 Å². The van der Waals surface area contributed by atoms with Gasteiger partial charge in [-0.05, 0) is 40.2 Å². The number of rotatable bonds is 3. The van der Waals surface area contributed by atoms with Crippen LogP contribution in [0, 0.1) is 0 Å². The monoisotopic (exact) mass is 365 g/mol. The molecular formula is C14H8BrNO4S. The number of fused-ring (bicyclic) bond motifs is 1. The summed E-state index contributed by atoms with van der Waals surface area (Å²) in [6.45, 7) is 0.186. The molecule has 0 fully saturated rings. The highest BCUT2D eigenvalue weighted by atomic mass is 79.9. The van der Waals surface area contributed by atoms with Crippen LogP contribution in [0.15, 0.2) is 34.1 Å². The molecule has 1 aliphatic rings. The van der Waals surface area contributed by atoms with Gasteiger partial charge in [0.1, 0.15) is 0 Å². The molecule has 0 saturated carbocycles. The Bertz CT molecular complexity index is 783. The standard InChI is InChI=1S/C14H8BrNO4S/c15-8-4-9(21-6-8)5-16-12(17)10-2-1-7(14(19)20)3-11(10)13(16)18/h1-4,6H,5H2,(H,19,20). The summed E-state index contributed by atoms with van der Waals surface area (Å²) in [6, 6.07) is 5.82. The lowest BCUT2D eigenvalue weighted by Gasteiger charge is -2.11. The first-order valence-electron chi connectivity index (χ1n) is 5.94. The van der Waals surface area contributed by atoms with Gasteiger partial charge in [0, 0.05) is 14.7 Å². The van der Waals surface area contributed by atoms with E-state index in [2.05, 4.69) is 15.9 Å². The Hall–Kier alpha value is -1.99. The largest absolute Gasteiger partial charge is 0.478 e. The van der Waals surface area contributed by atoms with Gasteiger partial charge < -0.3 is 5.11 Å². The average molecular weight is 366 g/mol.